The van der Waals surface area contributed by atoms with Gasteiger partial charge in [0.05, 0.1) is 12.4 Å². The highest BCUT2D eigenvalue weighted by Crippen LogP contribution is 2.22. The van der Waals surface area contributed by atoms with Gasteiger partial charge in [-0.3, -0.25) is 4.79 Å². The van der Waals surface area contributed by atoms with E-state index in [1.54, 1.807) is 12.4 Å². The molecule has 0 unspecified atom stereocenters. The predicted molar refractivity (Wildman–Crippen MR) is 94.6 cm³/mol. The lowest BCUT2D eigenvalue weighted by molar-refractivity contribution is 0.0658. The monoisotopic (exact) mass is 325 g/mol. The van der Waals surface area contributed by atoms with Crippen molar-refractivity contribution in [3.05, 3.63) is 47.4 Å². The average molecular weight is 325 g/mol. The number of carbonyl (C=O) groups is 1. The van der Waals surface area contributed by atoms with Crippen LogP contribution in [-0.2, 0) is 0 Å². The number of nitrogens with zero attached hydrogens (tertiary/aromatic N) is 4. The summed E-state index contributed by atoms with van der Waals surface area (Å²) in [5, 5.41) is 3.29. The Morgan fingerprint density at radius 2 is 1.71 bits per heavy atom. The minimum absolute atomic E-state index is 0.0470. The molecule has 1 N–H and O–H groups in total. The summed E-state index contributed by atoms with van der Waals surface area (Å²) in [6.07, 6.45) is 3.17. The fourth-order valence-electron chi connectivity index (χ4n) is 2.81. The fourth-order valence-corrected chi connectivity index (χ4v) is 2.81. The molecule has 1 aliphatic heterocycles. The minimum Gasteiger partial charge on any atom is -0.339 e. The number of carbonyl (C=O) groups excluding carboxylic acids is 1. The van der Waals surface area contributed by atoms with Gasteiger partial charge in [-0.25, -0.2) is 9.97 Å². The first kappa shape index (κ1) is 16.4. The smallest absolute Gasteiger partial charge is 0.274 e. The zero-order chi connectivity index (χ0) is 17.1. The third-order valence-corrected chi connectivity index (χ3v) is 4.40. The van der Waals surface area contributed by atoms with Crippen LogP contribution in [0.15, 0.2) is 30.6 Å². The molecule has 1 aromatic heterocycles. The van der Waals surface area contributed by atoms with Gasteiger partial charge in [-0.2, -0.15) is 0 Å². The molecule has 0 radical (unpaired) electrons. The quantitative estimate of drug-likeness (QED) is 0.937. The van der Waals surface area contributed by atoms with E-state index < -0.39 is 0 Å². The van der Waals surface area contributed by atoms with Crippen molar-refractivity contribution in [1.29, 1.82) is 0 Å². The van der Waals surface area contributed by atoms with Crippen LogP contribution in [0.1, 0.15) is 21.6 Å². The highest BCUT2D eigenvalue weighted by atomic mass is 16.2. The fraction of sp³-hybridized carbons (Fsp3) is 0.389. The van der Waals surface area contributed by atoms with E-state index in [1.807, 2.05) is 36.9 Å². The van der Waals surface area contributed by atoms with Gasteiger partial charge in [0, 0.05) is 31.9 Å². The lowest BCUT2D eigenvalue weighted by Gasteiger charge is -2.32. The molecule has 1 amide bonds. The lowest BCUT2D eigenvalue weighted by atomic mass is 10.1. The summed E-state index contributed by atoms with van der Waals surface area (Å²) in [4.78, 5) is 25.2. The zero-order valence-electron chi connectivity index (χ0n) is 14.4. The van der Waals surface area contributed by atoms with Crippen LogP contribution < -0.4 is 5.32 Å². The minimum atomic E-state index is -0.0470. The first-order chi connectivity index (χ1) is 11.5. The Morgan fingerprint density at radius 3 is 2.29 bits per heavy atom. The topological polar surface area (TPSA) is 61.4 Å². The largest absolute Gasteiger partial charge is 0.339 e. The Morgan fingerprint density at radius 1 is 1.04 bits per heavy atom. The second-order valence-corrected chi connectivity index (χ2v) is 6.27. The van der Waals surface area contributed by atoms with Gasteiger partial charge in [-0.15, -0.1) is 0 Å². The van der Waals surface area contributed by atoms with Crippen LogP contribution in [-0.4, -0.2) is 58.9 Å². The lowest BCUT2D eigenvalue weighted by Crippen LogP contribution is -2.47. The van der Waals surface area contributed by atoms with E-state index in [9.17, 15) is 4.79 Å². The molecular weight excluding hydrogens is 302 g/mol. The van der Waals surface area contributed by atoms with Gasteiger partial charge >= 0.3 is 0 Å². The van der Waals surface area contributed by atoms with Crippen molar-refractivity contribution in [1.82, 2.24) is 19.8 Å². The Kier molecular flexibility index (Phi) is 4.76. The van der Waals surface area contributed by atoms with Crippen molar-refractivity contribution in [2.45, 2.75) is 13.8 Å². The van der Waals surface area contributed by atoms with Crippen molar-refractivity contribution >= 4 is 17.4 Å². The number of hydrogen-bond donors (Lipinski definition) is 1. The standard InChI is InChI=1S/C18H23N5O/c1-13-5-4-6-14(2)17(13)21-16-12-19-15(11-20-16)18(24)23-9-7-22(3)8-10-23/h4-6,11-12H,7-10H2,1-3H3,(H,20,21). The summed E-state index contributed by atoms with van der Waals surface area (Å²) in [6, 6.07) is 6.13. The average Bonchev–Trinajstić information content (AvgIpc) is 2.59. The highest BCUT2D eigenvalue weighted by molar-refractivity contribution is 5.92. The number of nitrogens with one attached hydrogen (secondary N) is 1. The molecule has 1 saturated heterocycles. The van der Waals surface area contributed by atoms with Gasteiger partial charge in [0.25, 0.3) is 5.91 Å². The molecule has 6 nitrogen and oxygen atoms in total. The second-order valence-electron chi connectivity index (χ2n) is 6.27. The molecule has 0 saturated carbocycles. The van der Waals surface area contributed by atoms with Crippen LogP contribution in [0.25, 0.3) is 0 Å². The number of rotatable bonds is 3. The predicted octanol–water partition coefficient (Wildman–Crippen LogP) is 2.22. The molecule has 0 spiro atoms. The van der Waals surface area contributed by atoms with Crippen molar-refractivity contribution in [2.24, 2.45) is 0 Å². The highest BCUT2D eigenvalue weighted by Gasteiger charge is 2.21. The maximum atomic E-state index is 12.5. The second kappa shape index (κ2) is 6.97. The molecule has 0 aliphatic carbocycles. The number of piperazine rings is 1. The van der Waals surface area contributed by atoms with Crippen LogP contribution in [0.4, 0.5) is 11.5 Å². The number of benzene rings is 1. The van der Waals surface area contributed by atoms with Crippen LogP contribution >= 0.6 is 0 Å². The van der Waals surface area contributed by atoms with Crippen LogP contribution in [0.2, 0.25) is 0 Å². The Labute approximate surface area is 142 Å². The van der Waals surface area contributed by atoms with Gasteiger partial charge in [0.15, 0.2) is 0 Å². The number of para-hydroxylation sites is 1. The molecule has 1 aliphatic rings. The molecule has 1 aromatic carbocycles. The number of anilines is 2. The number of aryl methyl sites for hydroxylation is 2. The van der Waals surface area contributed by atoms with Gasteiger partial charge in [0.2, 0.25) is 0 Å². The van der Waals surface area contributed by atoms with Crippen LogP contribution in [0, 0.1) is 13.8 Å². The summed E-state index contributed by atoms with van der Waals surface area (Å²) in [5.41, 5.74) is 3.72. The molecule has 2 heterocycles. The van der Waals surface area contributed by atoms with E-state index in [2.05, 4.69) is 27.2 Å². The molecule has 2 aromatic rings. The molecule has 24 heavy (non-hydrogen) atoms. The van der Waals surface area contributed by atoms with Gasteiger partial charge in [-0.1, -0.05) is 18.2 Å². The zero-order valence-corrected chi connectivity index (χ0v) is 14.4. The Hall–Kier alpha value is -2.47. The van der Waals surface area contributed by atoms with E-state index in [4.69, 9.17) is 0 Å². The van der Waals surface area contributed by atoms with Crippen molar-refractivity contribution < 1.29 is 4.79 Å². The number of aromatic nitrogens is 2. The Bertz CT molecular complexity index is 700. The first-order valence-corrected chi connectivity index (χ1v) is 8.17. The van der Waals surface area contributed by atoms with Gasteiger partial charge in [-0.05, 0) is 32.0 Å². The molecule has 0 bridgehead atoms. The van der Waals surface area contributed by atoms with E-state index in [0.717, 1.165) is 43.0 Å². The number of hydrogen-bond acceptors (Lipinski definition) is 5. The molecular formula is C18H23N5O. The number of amides is 1. The van der Waals surface area contributed by atoms with Gasteiger partial charge < -0.3 is 15.1 Å². The van der Waals surface area contributed by atoms with Crippen molar-refractivity contribution in [3.63, 3.8) is 0 Å². The Balaban J connectivity index is 1.70. The summed E-state index contributed by atoms with van der Waals surface area (Å²) in [7, 11) is 2.07. The molecule has 126 valence electrons. The third kappa shape index (κ3) is 3.54. The summed E-state index contributed by atoms with van der Waals surface area (Å²) < 4.78 is 0. The third-order valence-electron chi connectivity index (χ3n) is 4.40. The normalized spacial score (nSPS) is 15.4. The maximum absolute atomic E-state index is 12.5. The van der Waals surface area contributed by atoms with E-state index >= 15 is 0 Å². The molecule has 1 fully saturated rings. The molecule has 0 atom stereocenters. The van der Waals surface area contributed by atoms with Crippen LogP contribution in [0.3, 0.4) is 0 Å². The van der Waals surface area contributed by atoms with Crippen molar-refractivity contribution in [3.8, 4) is 0 Å². The van der Waals surface area contributed by atoms with Gasteiger partial charge in [0.1, 0.15) is 11.5 Å². The summed E-state index contributed by atoms with van der Waals surface area (Å²) in [5.74, 6) is 0.594. The molecule has 6 heteroatoms. The van der Waals surface area contributed by atoms with E-state index in [1.165, 1.54) is 0 Å². The SMILES string of the molecule is Cc1cccc(C)c1Nc1cnc(C(=O)N2CCN(C)CC2)cn1. The van der Waals surface area contributed by atoms with E-state index in [0.29, 0.717) is 11.5 Å². The maximum Gasteiger partial charge on any atom is 0.274 e. The van der Waals surface area contributed by atoms with Crippen molar-refractivity contribution in [2.75, 3.05) is 38.5 Å². The first-order valence-electron chi connectivity index (χ1n) is 8.17. The summed E-state index contributed by atoms with van der Waals surface area (Å²) >= 11 is 0. The van der Waals surface area contributed by atoms with E-state index in [-0.39, 0.29) is 5.91 Å². The van der Waals surface area contributed by atoms with Crippen LogP contribution in [0.5, 0.6) is 0 Å². The summed E-state index contributed by atoms with van der Waals surface area (Å²) in [6.45, 7) is 7.36. The number of likely N-dealkylation sites (N-methyl/N-ethyl adjacent to an activating group) is 1. The molecule has 3 rings (SSSR count).